The van der Waals surface area contributed by atoms with Gasteiger partial charge in [-0.25, -0.2) is 0 Å². The molecule has 0 aromatic heterocycles. The summed E-state index contributed by atoms with van der Waals surface area (Å²) in [5, 5.41) is 9.93. The van der Waals surface area contributed by atoms with Gasteiger partial charge in [0.15, 0.2) is 0 Å². The molecule has 1 fully saturated rings. The average Bonchev–Trinajstić information content (AvgIpc) is 2.83. The van der Waals surface area contributed by atoms with Gasteiger partial charge in [0.25, 0.3) is 5.91 Å². The number of hydrogen-bond donors (Lipinski definition) is 1. The van der Waals surface area contributed by atoms with E-state index in [0.717, 1.165) is 6.42 Å². The fourth-order valence-electron chi connectivity index (χ4n) is 2.89. The normalized spacial score (nSPS) is 31.1. The smallest absolute Gasteiger partial charge is 0.256 e. The maximum Gasteiger partial charge on any atom is 0.256 e. The zero-order chi connectivity index (χ0) is 14.3. The minimum atomic E-state index is -0.720. The summed E-state index contributed by atoms with van der Waals surface area (Å²) in [5.74, 6) is 0.400. The minimum absolute atomic E-state index is 0.0239. The summed E-state index contributed by atoms with van der Waals surface area (Å²) in [6.45, 7) is 2.65. The molecule has 106 valence electrons. The molecule has 1 saturated heterocycles. The Morgan fingerprint density at radius 3 is 3.00 bits per heavy atom. The molecule has 2 aliphatic heterocycles. The number of fused-ring (bicyclic) bond motifs is 1. The first-order chi connectivity index (χ1) is 9.63. The summed E-state index contributed by atoms with van der Waals surface area (Å²) in [5.41, 5.74) is 2.45. The predicted molar refractivity (Wildman–Crippen MR) is 75.1 cm³/mol. The van der Waals surface area contributed by atoms with Gasteiger partial charge in [-0.1, -0.05) is 11.6 Å². The lowest BCUT2D eigenvalue weighted by molar-refractivity contribution is -0.126. The molecule has 3 aliphatic rings. The Balaban J connectivity index is 1.98. The summed E-state index contributed by atoms with van der Waals surface area (Å²) in [6, 6.07) is 0.0239. The molecule has 0 radical (unpaired) electrons. The van der Waals surface area contributed by atoms with Crippen LogP contribution in [0.2, 0.25) is 0 Å². The van der Waals surface area contributed by atoms with Crippen LogP contribution in [0.25, 0.3) is 0 Å². The van der Waals surface area contributed by atoms with Crippen molar-refractivity contribution in [3.63, 3.8) is 0 Å². The van der Waals surface area contributed by atoms with Crippen molar-refractivity contribution in [2.45, 2.75) is 31.9 Å². The van der Waals surface area contributed by atoms with E-state index in [1.165, 1.54) is 12.7 Å². The molecule has 3 rings (SSSR count). The first kappa shape index (κ1) is 13.1. The third-order valence-corrected chi connectivity index (χ3v) is 4.10. The van der Waals surface area contributed by atoms with Crippen LogP contribution in [-0.4, -0.2) is 47.9 Å². The first-order valence-electron chi connectivity index (χ1n) is 6.80. The fraction of sp³-hybridized carbons (Fsp3) is 0.467. The highest BCUT2D eigenvalue weighted by Gasteiger charge is 2.36. The standard InChI is InChI=1S/C15H18N2O3/c1-3-9-4-10-7-16-12-6-13(18)14(20-2)5-11(12)15(19)17(10)8-9/h3,5,7,10,13,18H,4,6,8H2,1-2H3/b9-3+. The van der Waals surface area contributed by atoms with E-state index in [0.29, 0.717) is 30.0 Å². The lowest BCUT2D eigenvalue weighted by atomic mass is 9.99. The number of carbonyl (C=O) groups excluding carboxylic acids is 1. The van der Waals surface area contributed by atoms with Crippen molar-refractivity contribution in [3.05, 3.63) is 34.8 Å². The van der Waals surface area contributed by atoms with Crippen LogP contribution in [0.1, 0.15) is 19.8 Å². The Bertz CT molecular complexity index is 572. The van der Waals surface area contributed by atoms with Gasteiger partial charge in [-0.05, 0) is 19.4 Å². The van der Waals surface area contributed by atoms with E-state index in [1.807, 2.05) is 18.0 Å². The van der Waals surface area contributed by atoms with Gasteiger partial charge in [0.05, 0.1) is 24.4 Å². The van der Waals surface area contributed by atoms with Gasteiger partial charge in [-0.15, -0.1) is 0 Å². The van der Waals surface area contributed by atoms with E-state index >= 15 is 0 Å². The molecular formula is C15H18N2O3. The SMILES string of the molecule is C/C=C1\CC2C=NC3=C(C=C(OC)C(O)C3)C(=O)N2C1. The molecule has 20 heavy (non-hydrogen) atoms. The second-order valence-electron chi connectivity index (χ2n) is 5.26. The second kappa shape index (κ2) is 4.90. The Morgan fingerprint density at radius 1 is 1.50 bits per heavy atom. The van der Waals surface area contributed by atoms with Crippen LogP contribution >= 0.6 is 0 Å². The molecule has 0 spiro atoms. The first-order valence-corrected chi connectivity index (χ1v) is 6.80. The lowest BCUT2D eigenvalue weighted by Crippen LogP contribution is -2.36. The number of amides is 1. The van der Waals surface area contributed by atoms with Crippen molar-refractivity contribution in [1.82, 2.24) is 4.90 Å². The van der Waals surface area contributed by atoms with Crippen LogP contribution in [0.4, 0.5) is 0 Å². The van der Waals surface area contributed by atoms with Crippen LogP contribution in [-0.2, 0) is 9.53 Å². The zero-order valence-corrected chi connectivity index (χ0v) is 11.7. The van der Waals surface area contributed by atoms with Crippen molar-refractivity contribution >= 4 is 12.1 Å². The maximum atomic E-state index is 12.7. The summed E-state index contributed by atoms with van der Waals surface area (Å²) in [4.78, 5) is 18.9. The minimum Gasteiger partial charge on any atom is -0.498 e. The number of rotatable bonds is 1. The maximum absolute atomic E-state index is 12.7. The Hall–Kier alpha value is -1.88. The van der Waals surface area contributed by atoms with Crippen LogP contribution in [0.15, 0.2) is 39.7 Å². The van der Waals surface area contributed by atoms with Gasteiger partial charge in [0, 0.05) is 19.2 Å². The van der Waals surface area contributed by atoms with E-state index in [4.69, 9.17) is 4.74 Å². The third-order valence-electron chi connectivity index (χ3n) is 4.10. The molecule has 5 heteroatoms. The second-order valence-corrected chi connectivity index (χ2v) is 5.26. The highest BCUT2D eigenvalue weighted by Crippen LogP contribution is 2.32. The van der Waals surface area contributed by atoms with Gasteiger partial charge in [-0.3, -0.25) is 9.79 Å². The number of carbonyl (C=O) groups is 1. The van der Waals surface area contributed by atoms with E-state index in [-0.39, 0.29) is 11.9 Å². The molecule has 0 aromatic carbocycles. The highest BCUT2D eigenvalue weighted by atomic mass is 16.5. The molecule has 1 amide bonds. The number of ether oxygens (including phenoxy) is 1. The number of aliphatic hydroxyl groups excluding tert-OH is 1. The van der Waals surface area contributed by atoms with Gasteiger partial charge in [-0.2, -0.15) is 0 Å². The number of aliphatic imine (C=N–C) groups is 1. The van der Waals surface area contributed by atoms with Crippen molar-refractivity contribution in [2.75, 3.05) is 13.7 Å². The van der Waals surface area contributed by atoms with Crippen molar-refractivity contribution < 1.29 is 14.6 Å². The zero-order valence-electron chi connectivity index (χ0n) is 11.7. The number of aliphatic hydroxyl groups is 1. The lowest BCUT2D eigenvalue weighted by Gasteiger charge is -2.23. The monoisotopic (exact) mass is 274 g/mol. The van der Waals surface area contributed by atoms with E-state index in [1.54, 1.807) is 6.08 Å². The van der Waals surface area contributed by atoms with Crippen molar-refractivity contribution in [1.29, 1.82) is 0 Å². The molecule has 1 aliphatic carbocycles. The molecule has 0 aromatic rings. The van der Waals surface area contributed by atoms with Crippen molar-refractivity contribution in [3.8, 4) is 0 Å². The Kier molecular flexibility index (Phi) is 3.22. The van der Waals surface area contributed by atoms with E-state index in [2.05, 4.69) is 11.1 Å². The predicted octanol–water partition coefficient (Wildman–Crippen LogP) is 1.17. The molecular weight excluding hydrogens is 256 g/mol. The van der Waals surface area contributed by atoms with E-state index in [9.17, 15) is 9.90 Å². The average molecular weight is 274 g/mol. The molecule has 2 heterocycles. The van der Waals surface area contributed by atoms with Gasteiger partial charge in [0.1, 0.15) is 11.9 Å². The number of hydrogen-bond acceptors (Lipinski definition) is 4. The Morgan fingerprint density at radius 2 is 2.30 bits per heavy atom. The van der Waals surface area contributed by atoms with Gasteiger partial charge < -0.3 is 14.7 Å². The third kappa shape index (κ3) is 1.98. The summed E-state index contributed by atoms with van der Waals surface area (Å²) in [6.07, 6.45) is 5.97. The number of allylic oxidation sites excluding steroid dienone is 1. The molecule has 0 bridgehead atoms. The summed E-state index contributed by atoms with van der Waals surface area (Å²) in [7, 11) is 1.50. The highest BCUT2D eigenvalue weighted by molar-refractivity contribution is 6.01. The van der Waals surface area contributed by atoms with Crippen LogP contribution in [0.5, 0.6) is 0 Å². The van der Waals surface area contributed by atoms with Crippen LogP contribution in [0.3, 0.4) is 0 Å². The molecule has 2 atom stereocenters. The number of methoxy groups -OCH3 is 1. The topological polar surface area (TPSA) is 62.1 Å². The van der Waals surface area contributed by atoms with Crippen LogP contribution in [0, 0.1) is 0 Å². The largest absolute Gasteiger partial charge is 0.498 e. The van der Waals surface area contributed by atoms with E-state index < -0.39 is 6.10 Å². The van der Waals surface area contributed by atoms with Crippen molar-refractivity contribution in [2.24, 2.45) is 4.99 Å². The van der Waals surface area contributed by atoms with Crippen LogP contribution < -0.4 is 0 Å². The quantitative estimate of drug-likeness (QED) is 0.730. The fourth-order valence-corrected chi connectivity index (χ4v) is 2.89. The van der Waals surface area contributed by atoms with Gasteiger partial charge >= 0.3 is 0 Å². The van der Waals surface area contributed by atoms with Gasteiger partial charge in [0.2, 0.25) is 0 Å². The molecule has 5 nitrogen and oxygen atoms in total. The Labute approximate surface area is 117 Å². The summed E-state index contributed by atoms with van der Waals surface area (Å²) >= 11 is 0. The number of nitrogens with zero attached hydrogens (tertiary/aromatic N) is 2. The molecule has 1 N–H and O–H groups in total. The summed E-state index contributed by atoms with van der Waals surface area (Å²) < 4.78 is 5.14. The molecule has 2 unspecified atom stereocenters. The molecule has 0 saturated carbocycles.